The minimum absolute atomic E-state index is 0.266. The van der Waals surface area contributed by atoms with Crippen LogP contribution in [0.25, 0.3) is 10.8 Å². The standard InChI is InChI=1S/C17H23NOS/c1-17(2,20-4)12-18-11-13-9-10-16(19-3)15-8-6-5-7-14(13)15/h5-10,18H,11-12H2,1-4H3. The molecule has 0 aliphatic rings. The maximum Gasteiger partial charge on any atom is 0.126 e. The Kier molecular flexibility index (Phi) is 4.95. The number of ether oxygens (including phenoxy) is 1. The van der Waals surface area contributed by atoms with E-state index in [-0.39, 0.29) is 4.75 Å². The van der Waals surface area contributed by atoms with Crippen molar-refractivity contribution in [3.8, 4) is 5.75 Å². The van der Waals surface area contributed by atoms with Crippen LogP contribution < -0.4 is 10.1 Å². The van der Waals surface area contributed by atoms with Crippen LogP contribution in [0.15, 0.2) is 36.4 Å². The number of hydrogen-bond donors (Lipinski definition) is 1. The van der Waals surface area contributed by atoms with Gasteiger partial charge in [0.15, 0.2) is 0 Å². The van der Waals surface area contributed by atoms with E-state index in [1.807, 2.05) is 11.8 Å². The van der Waals surface area contributed by atoms with Gasteiger partial charge in [0.25, 0.3) is 0 Å². The van der Waals surface area contributed by atoms with E-state index in [4.69, 9.17) is 4.74 Å². The lowest BCUT2D eigenvalue weighted by atomic mass is 10.0. The molecule has 108 valence electrons. The highest BCUT2D eigenvalue weighted by molar-refractivity contribution is 7.99. The normalized spacial score (nSPS) is 11.8. The van der Waals surface area contributed by atoms with Crippen molar-refractivity contribution in [3.05, 3.63) is 42.0 Å². The first kappa shape index (κ1) is 15.2. The van der Waals surface area contributed by atoms with Crippen molar-refractivity contribution < 1.29 is 4.74 Å². The summed E-state index contributed by atoms with van der Waals surface area (Å²) in [6, 6.07) is 12.6. The summed E-state index contributed by atoms with van der Waals surface area (Å²) in [5, 5.41) is 6.01. The average Bonchev–Trinajstić information content (AvgIpc) is 2.47. The van der Waals surface area contributed by atoms with Gasteiger partial charge < -0.3 is 10.1 Å². The second-order valence-corrected chi connectivity index (χ2v) is 7.05. The van der Waals surface area contributed by atoms with Gasteiger partial charge in [0.2, 0.25) is 0 Å². The molecular weight excluding hydrogens is 266 g/mol. The zero-order chi connectivity index (χ0) is 14.6. The quantitative estimate of drug-likeness (QED) is 0.866. The Labute approximate surface area is 125 Å². The fraction of sp³-hybridized carbons (Fsp3) is 0.412. The highest BCUT2D eigenvalue weighted by Gasteiger charge is 2.15. The zero-order valence-corrected chi connectivity index (χ0v) is 13.5. The minimum Gasteiger partial charge on any atom is -0.496 e. The molecule has 20 heavy (non-hydrogen) atoms. The van der Waals surface area contributed by atoms with Crippen LogP contribution >= 0.6 is 11.8 Å². The number of rotatable bonds is 6. The molecule has 2 aromatic rings. The molecule has 3 heteroatoms. The second-order valence-electron chi connectivity index (χ2n) is 5.54. The van der Waals surface area contributed by atoms with E-state index >= 15 is 0 Å². The fourth-order valence-electron chi connectivity index (χ4n) is 2.24. The molecule has 0 aliphatic carbocycles. The first-order valence-electron chi connectivity index (χ1n) is 6.88. The molecule has 0 aromatic heterocycles. The van der Waals surface area contributed by atoms with Crippen LogP contribution in [0, 0.1) is 0 Å². The van der Waals surface area contributed by atoms with Crippen LogP contribution in [-0.4, -0.2) is 24.7 Å². The fourth-order valence-corrected chi connectivity index (χ4v) is 2.48. The topological polar surface area (TPSA) is 21.3 Å². The van der Waals surface area contributed by atoms with E-state index in [1.54, 1.807) is 7.11 Å². The number of nitrogens with one attached hydrogen (secondary N) is 1. The molecule has 0 unspecified atom stereocenters. The molecule has 0 radical (unpaired) electrons. The maximum atomic E-state index is 5.43. The van der Waals surface area contributed by atoms with E-state index in [0.29, 0.717) is 0 Å². The number of fused-ring (bicyclic) bond motifs is 1. The van der Waals surface area contributed by atoms with Crippen LogP contribution in [0.1, 0.15) is 19.4 Å². The van der Waals surface area contributed by atoms with E-state index < -0.39 is 0 Å². The van der Waals surface area contributed by atoms with Crippen LogP contribution in [0.3, 0.4) is 0 Å². The molecule has 2 aromatic carbocycles. The van der Waals surface area contributed by atoms with E-state index in [0.717, 1.165) is 18.8 Å². The number of methoxy groups -OCH3 is 1. The van der Waals surface area contributed by atoms with Gasteiger partial charge in [-0.15, -0.1) is 0 Å². The summed E-state index contributed by atoms with van der Waals surface area (Å²) in [7, 11) is 1.72. The molecule has 0 spiro atoms. The summed E-state index contributed by atoms with van der Waals surface area (Å²) in [5.74, 6) is 0.939. The van der Waals surface area contributed by atoms with Crippen molar-refractivity contribution in [2.75, 3.05) is 19.9 Å². The second kappa shape index (κ2) is 6.51. The number of benzene rings is 2. The maximum absolute atomic E-state index is 5.43. The summed E-state index contributed by atoms with van der Waals surface area (Å²) < 4.78 is 5.70. The van der Waals surface area contributed by atoms with Crippen molar-refractivity contribution in [3.63, 3.8) is 0 Å². The molecule has 0 bridgehead atoms. The molecule has 0 heterocycles. The molecule has 2 nitrogen and oxygen atoms in total. The van der Waals surface area contributed by atoms with Gasteiger partial charge in [0.05, 0.1) is 7.11 Å². The van der Waals surface area contributed by atoms with Gasteiger partial charge in [-0.1, -0.05) is 30.3 Å². The predicted octanol–water partition coefficient (Wildman–Crippen LogP) is 4.08. The SMILES string of the molecule is COc1ccc(CNCC(C)(C)SC)c2ccccc12. The van der Waals surface area contributed by atoms with E-state index in [1.165, 1.54) is 16.3 Å². The Bertz CT molecular complexity index is 580. The van der Waals surface area contributed by atoms with Crippen LogP contribution in [-0.2, 0) is 6.54 Å². The lowest BCUT2D eigenvalue weighted by Gasteiger charge is -2.22. The Balaban J connectivity index is 2.19. The number of hydrogen-bond acceptors (Lipinski definition) is 3. The molecule has 0 aliphatic heterocycles. The summed E-state index contributed by atoms with van der Waals surface area (Å²) in [6.45, 7) is 6.40. The average molecular weight is 289 g/mol. The van der Waals surface area contributed by atoms with Crippen molar-refractivity contribution >= 4 is 22.5 Å². The van der Waals surface area contributed by atoms with Gasteiger partial charge in [-0.3, -0.25) is 0 Å². The highest BCUT2D eigenvalue weighted by Crippen LogP contribution is 2.28. The van der Waals surface area contributed by atoms with Gasteiger partial charge in [0, 0.05) is 23.2 Å². The first-order chi connectivity index (χ1) is 9.57. The van der Waals surface area contributed by atoms with Crippen LogP contribution in [0.5, 0.6) is 5.75 Å². The smallest absolute Gasteiger partial charge is 0.126 e. The molecule has 0 saturated heterocycles. The third-order valence-corrected chi connectivity index (χ3v) is 4.86. The van der Waals surface area contributed by atoms with Gasteiger partial charge in [-0.2, -0.15) is 11.8 Å². The highest BCUT2D eigenvalue weighted by atomic mass is 32.2. The predicted molar refractivity (Wildman–Crippen MR) is 89.8 cm³/mol. The van der Waals surface area contributed by atoms with Gasteiger partial charge in [-0.25, -0.2) is 0 Å². The summed E-state index contributed by atoms with van der Waals surface area (Å²) in [4.78, 5) is 0. The largest absolute Gasteiger partial charge is 0.496 e. The summed E-state index contributed by atoms with van der Waals surface area (Å²) >= 11 is 1.89. The third kappa shape index (κ3) is 3.47. The molecule has 1 N–H and O–H groups in total. The van der Waals surface area contributed by atoms with E-state index in [9.17, 15) is 0 Å². The Hall–Kier alpha value is -1.19. The summed E-state index contributed by atoms with van der Waals surface area (Å²) in [5.41, 5.74) is 1.32. The lowest BCUT2D eigenvalue weighted by Crippen LogP contribution is -2.31. The van der Waals surface area contributed by atoms with Crippen molar-refractivity contribution in [2.24, 2.45) is 0 Å². The molecule has 0 atom stereocenters. The molecular formula is C17H23NOS. The van der Waals surface area contributed by atoms with Crippen LogP contribution in [0.2, 0.25) is 0 Å². The lowest BCUT2D eigenvalue weighted by molar-refractivity contribution is 0.419. The zero-order valence-electron chi connectivity index (χ0n) is 12.7. The van der Waals surface area contributed by atoms with Gasteiger partial charge in [0.1, 0.15) is 5.75 Å². The van der Waals surface area contributed by atoms with Gasteiger partial charge >= 0.3 is 0 Å². The third-order valence-electron chi connectivity index (χ3n) is 3.61. The monoisotopic (exact) mass is 289 g/mol. The molecule has 0 saturated carbocycles. The van der Waals surface area contributed by atoms with Crippen molar-refractivity contribution in [2.45, 2.75) is 25.1 Å². The Morgan fingerprint density at radius 3 is 2.45 bits per heavy atom. The van der Waals surface area contributed by atoms with Crippen molar-refractivity contribution in [1.82, 2.24) is 5.32 Å². The Morgan fingerprint density at radius 1 is 1.10 bits per heavy atom. The first-order valence-corrected chi connectivity index (χ1v) is 8.10. The molecule has 2 rings (SSSR count). The summed E-state index contributed by atoms with van der Waals surface area (Å²) in [6.07, 6.45) is 2.16. The molecule has 0 fully saturated rings. The van der Waals surface area contributed by atoms with E-state index in [2.05, 4.69) is 61.8 Å². The van der Waals surface area contributed by atoms with Gasteiger partial charge in [-0.05, 0) is 37.1 Å². The van der Waals surface area contributed by atoms with Crippen molar-refractivity contribution in [1.29, 1.82) is 0 Å². The number of thioether (sulfide) groups is 1. The Morgan fingerprint density at radius 2 is 1.80 bits per heavy atom. The van der Waals surface area contributed by atoms with Crippen LogP contribution in [0.4, 0.5) is 0 Å². The molecule has 0 amide bonds. The minimum atomic E-state index is 0.266.